The standard InChI is InChI=1S/C19H22ClN3OS/c1-13(2)23(12-18-14(3)7-9-25-18)8-6-19(24)22-16-5-4-15(11-21)17(20)10-16/h4-5,7,9-10,13H,6,8,12H2,1-3H3,(H,22,24). The van der Waals surface area contributed by atoms with Gasteiger partial charge in [0.05, 0.1) is 10.6 Å². The number of nitrogens with one attached hydrogen (secondary N) is 1. The van der Waals surface area contributed by atoms with Gasteiger partial charge in [0.15, 0.2) is 0 Å². The number of amides is 1. The first-order chi connectivity index (χ1) is 11.9. The third-order valence-corrected chi connectivity index (χ3v) is 5.37. The Morgan fingerprint density at radius 3 is 2.72 bits per heavy atom. The fourth-order valence-corrected chi connectivity index (χ4v) is 3.58. The van der Waals surface area contributed by atoms with Crippen LogP contribution >= 0.6 is 22.9 Å². The molecule has 6 heteroatoms. The molecule has 1 aromatic heterocycles. The number of nitrogens with zero attached hydrogens (tertiary/aromatic N) is 2. The van der Waals surface area contributed by atoms with Crippen molar-refractivity contribution in [3.63, 3.8) is 0 Å². The van der Waals surface area contributed by atoms with Gasteiger partial charge in [-0.25, -0.2) is 0 Å². The highest BCUT2D eigenvalue weighted by molar-refractivity contribution is 7.10. The Kier molecular flexibility index (Phi) is 7.01. The number of thiophene rings is 1. The van der Waals surface area contributed by atoms with Gasteiger partial charge in [0.25, 0.3) is 0 Å². The number of anilines is 1. The summed E-state index contributed by atoms with van der Waals surface area (Å²) in [6.07, 6.45) is 0.403. The number of carbonyl (C=O) groups excluding carboxylic acids is 1. The zero-order valence-electron chi connectivity index (χ0n) is 14.7. The van der Waals surface area contributed by atoms with Crippen molar-refractivity contribution in [2.24, 2.45) is 0 Å². The first-order valence-electron chi connectivity index (χ1n) is 8.17. The fourth-order valence-electron chi connectivity index (χ4n) is 2.42. The molecule has 0 saturated carbocycles. The third kappa shape index (κ3) is 5.57. The van der Waals surface area contributed by atoms with Gasteiger partial charge in [0.2, 0.25) is 5.91 Å². The van der Waals surface area contributed by atoms with Gasteiger partial charge in [-0.3, -0.25) is 9.69 Å². The molecule has 0 spiro atoms. The predicted octanol–water partition coefficient (Wildman–Crippen LogP) is 4.82. The molecule has 0 atom stereocenters. The maximum absolute atomic E-state index is 12.2. The minimum absolute atomic E-state index is 0.0608. The van der Waals surface area contributed by atoms with Crippen molar-refractivity contribution in [1.29, 1.82) is 5.26 Å². The van der Waals surface area contributed by atoms with E-state index in [4.69, 9.17) is 16.9 Å². The summed E-state index contributed by atoms with van der Waals surface area (Å²) in [6, 6.07) is 9.39. The van der Waals surface area contributed by atoms with Gasteiger partial charge in [-0.15, -0.1) is 11.3 Å². The number of carbonyl (C=O) groups is 1. The largest absolute Gasteiger partial charge is 0.326 e. The van der Waals surface area contributed by atoms with Crippen LogP contribution in [-0.2, 0) is 11.3 Å². The number of benzene rings is 1. The van der Waals surface area contributed by atoms with Crippen molar-refractivity contribution in [1.82, 2.24) is 4.90 Å². The van der Waals surface area contributed by atoms with E-state index in [0.717, 1.165) is 6.54 Å². The van der Waals surface area contributed by atoms with Gasteiger partial charge < -0.3 is 5.32 Å². The zero-order valence-corrected chi connectivity index (χ0v) is 16.2. The fraction of sp³-hybridized carbons (Fsp3) is 0.368. The summed E-state index contributed by atoms with van der Waals surface area (Å²) in [7, 11) is 0. The SMILES string of the molecule is Cc1ccsc1CN(CCC(=O)Nc1ccc(C#N)c(Cl)c1)C(C)C. The summed E-state index contributed by atoms with van der Waals surface area (Å²) in [5.74, 6) is -0.0608. The highest BCUT2D eigenvalue weighted by Crippen LogP contribution is 2.21. The summed E-state index contributed by atoms with van der Waals surface area (Å²) >= 11 is 7.75. The van der Waals surface area contributed by atoms with E-state index in [2.05, 4.69) is 42.4 Å². The number of halogens is 1. The normalized spacial score (nSPS) is 10.9. The summed E-state index contributed by atoms with van der Waals surface area (Å²) in [4.78, 5) is 15.9. The summed E-state index contributed by atoms with van der Waals surface area (Å²) in [5.41, 5.74) is 2.31. The van der Waals surface area contributed by atoms with Crippen molar-refractivity contribution in [2.75, 3.05) is 11.9 Å². The van der Waals surface area contributed by atoms with E-state index in [1.165, 1.54) is 10.4 Å². The number of hydrogen-bond donors (Lipinski definition) is 1. The van der Waals surface area contributed by atoms with Gasteiger partial charge in [-0.2, -0.15) is 5.26 Å². The molecular weight excluding hydrogens is 354 g/mol. The number of aryl methyl sites for hydroxylation is 1. The molecule has 0 fully saturated rings. The lowest BCUT2D eigenvalue weighted by molar-refractivity contribution is -0.116. The van der Waals surface area contributed by atoms with E-state index < -0.39 is 0 Å². The molecule has 0 unspecified atom stereocenters. The van der Waals surface area contributed by atoms with Crippen molar-refractivity contribution < 1.29 is 4.79 Å². The smallest absolute Gasteiger partial charge is 0.225 e. The third-order valence-electron chi connectivity index (χ3n) is 4.04. The molecular formula is C19H22ClN3OS. The monoisotopic (exact) mass is 375 g/mol. The van der Waals surface area contributed by atoms with Gasteiger partial charge in [-0.1, -0.05) is 11.6 Å². The van der Waals surface area contributed by atoms with Crippen molar-refractivity contribution in [2.45, 2.75) is 39.8 Å². The van der Waals surface area contributed by atoms with Crippen molar-refractivity contribution in [3.05, 3.63) is 50.7 Å². The molecule has 1 amide bonds. The molecule has 2 rings (SSSR count). The predicted molar refractivity (Wildman–Crippen MR) is 104 cm³/mol. The van der Waals surface area contributed by atoms with Gasteiger partial charge in [0.1, 0.15) is 6.07 Å². The van der Waals surface area contributed by atoms with Crippen LogP contribution in [-0.4, -0.2) is 23.4 Å². The van der Waals surface area contributed by atoms with E-state index in [1.807, 2.05) is 6.07 Å². The van der Waals surface area contributed by atoms with E-state index in [0.29, 0.717) is 35.3 Å². The lowest BCUT2D eigenvalue weighted by Crippen LogP contribution is -2.33. The van der Waals surface area contributed by atoms with Crippen LogP contribution < -0.4 is 5.32 Å². The van der Waals surface area contributed by atoms with Gasteiger partial charge in [-0.05, 0) is 56.0 Å². The average Bonchev–Trinajstić information content (AvgIpc) is 2.96. The lowest BCUT2D eigenvalue weighted by atomic mass is 10.2. The van der Waals surface area contributed by atoms with Crippen LogP contribution in [0.3, 0.4) is 0 Å². The minimum atomic E-state index is -0.0608. The molecule has 0 aliphatic rings. The zero-order chi connectivity index (χ0) is 18.4. The quantitative estimate of drug-likeness (QED) is 0.754. The van der Waals surface area contributed by atoms with E-state index in [9.17, 15) is 4.79 Å². The number of rotatable bonds is 7. The summed E-state index contributed by atoms with van der Waals surface area (Å²) < 4.78 is 0. The second-order valence-electron chi connectivity index (χ2n) is 6.20. The Balaban J connectivity index is 1.91. The molecule has 1 N–H and O–H groups in total. The van der Waals surface area contributed by atoms with Crippen LogP contribution in [0.25, 0.3) is 0 Å². The van der Waals surface area contributed by atoms with Crippen molar-refractivity contribution >= 4 is 34.5 Å². The highest BCUT2D eigenvalue weighted by Gasteiger charge is 2.14. The molecule has 1 heterocycles. The topological polar surface area (TPSA) is 56.1 Å². The first kappa shape index (κ1) is 19.5. The maximum Gasteiger partial charge on any atom is 0.225 e. The molecule has 132 valence electrons. The van der Waals surface area contributed by atoms with Crippen molar-refractivity contribution in [3.8, 4) is 6.07 Å². The van der Waals surface area contributed by atoms with Crippen LogP contribution in [0.2, 0.25) is 5.02 Å². The van der Waals surface area contributed by atoms with Crippen LogP contribution in [0.15, 0.2) is 29.6 Å². The lowest BCUT2D eigenvalue weighted by Gasteiger charge is -2.26. The van der Waals surface area contributed by atoms with Gasteiger partial charge >= 0.3 is 0 Å². The molecule has 0 aliphatic carbocycles. The molecule has 1 aromatic carbocycles. The Morgan fingerprint density at radius 2 is 2.16 bits per heavy atom. The minimum Gasteiger partial charge on any atom is -0.326 e. The van der Waals surface area contributed by atoms with Crippen LogP contribution in [0.4, 0.5) is 5.69 Å². The first-order valence-corrected chi connectivity index (χ1v) is 9.43. The summed E-state index contributed by atoms with van der Waals surface area (Å²) in [6.45, 7) is 7.94. The second kappa shape index (κ2) is 9.00. The molecule has 0 saturated heterocycles. The molecule has 25 heavy (non-hydrogen) atoms. The van der Waals surface area contributed by atoms with Gasteiger partial charge in [0, 0.05) is 36.1 Å². The molecule has 0 radical (unpaired) electrons. The Hall–Kier alpha value is -1.87. The number of nitriles is 1. The molecule has 4 nitrogen and oxygen atoms in total. The van der Waals surface area contributed by atoms with E-state index in [1.54, 1.807) is 29.5 Å². The van der Waals surface area contributed by atoms with E-state index >= 15 is 0 Å². The number of hydrogen-bond acceptors (Lipinski definition) is 4. The van der Waals surface area contributed by atoms with Crippen LogP contribution in [0, 0.1) is 18.3 Å². The van der Waals surface area contributed by atoms with Crippen LogP contribution in [0.5, 0.6) is 0 Å². The molecule has 0 aliphatic heterocycles. The maximum atomic E-state index is 12.2. The highest BCUT2D eigenvalue weighted by atomic mass is 35.5. The Morgan fingerprint density at radius 1 is 1.40 bits per heavy atom. The van der Waals surface area contributed by atoms with Crippen LogP contribution in [0.1, 0.15) is 36.3 Å². The average molecular weight is 376 g/mol. The Bertz CT molecular complexity index is 779. The van der Waals surface area contributed by atoms with E-state index in [-0.39, 0.29) is 5.91 Å². The molecule has 2 aromatic rings. The molecule has 0 bridgehead atoms. The Labute approximate surface area is 158 Å². The second-order valence-corrected chi connectivity index (χ2v) is 7.60. The summed E-state index contributed by atoms with van der Waals surface area (Å²) in [5, 5.41) is 14.2.